The van der Waals surface area contributed by atoms with Gasteiger partial charge in [-0.1, -0.05) is 44.9 Å². The number of hydrogen-bond donors (Lipinski definition) is 1. The minimum absolute atomic E-state index is 0.00476. The molecule has 1 saturated heterocycles. The summed E-state index contributed by atoms with van der Waals surface area (Å²) in [5.74, 6) is 3.15. The Morgan fingerprint density at radius 2 is 1.79 bits per heavy atom. The molecule has 33 heavy (non-hydrogen) atoms. The second-order valence-electron chi connectivity index (χ2n) is 10.5. The normalized spacial score (nSPS) is 27.3. The number of likely N-dealkylation sites (tertiary alicyclic amines) is 1. The van der Waals surface area contributed by atoms with E-state index in [0.717, 1.165) is 30.6 Å². The molecule has 0 radical (unpaired) electrons. The number of aromatic nitrogens is 3. The predicted octanol–water partition coefficient (Wildman–Crippen LogP) is 4.85. The molecule has 1 amide bonds. The van der Waals surface area contributed by atoms with Crippen molar-refractivity contribution in [3.05, 3.63) is 42.4 Å². The van der Waals surface area contributed by atoms with E-state index >= 15 is 0 Å². The highest BCUT2D eigenvalue weighted by molar-refractivity contribution is 5.94. The van der Waals surface area contributed by atoms with Crippen LogP contribution in [0.25, 0.3) is 5.82 Å². The summed E-state index contributed by atoms with van der Waals surface area (Å²) in [4.78, 5) is 20.2. The Labute approximate surface area is 198 Å². The van der Waals surface area contributed by atoms with Crippen LogP contribution in [-0.2, 0) is 0 Å². The Kier molecular flexibility index (Phi) is 7.40. The summed E-state index contributed by atoms with van der Waals surface area (Å²) in [6, 6.07) is 5.85. The van der Waals surface area contributed by atoms with Gasteiger partial charge < -0.3 is 10.2 Å². The molecule has 1 N–H and O–H groups in total. The minimum atomic E-state index is 0.00476. The van der Waals surface area contributed by atoms with Crippen molar-refractivity contribution in [1.82, 2.24) is 25.0 Å². The van der Waals surface area contributed by atoms with Crippen molar-refractivity contribution in [2.24, 2.45) is 17.8 Å². The highest BCUT2D eigenvalue weighted by Crippen LogP contribution is 2.35. The van der Waals surface area contributed by atoms with Gasteiger partial charge in [0.2, 0.25) is 0 Å². The standard InChI is InChI=1S/C27H39N5O/c33-27(22-13-14-26(28-18-22)32-17-7-15-29-32)30-25-12-5-4-10-24(25)20-31-16-6-11-23(19-31)21-8-2-1-3-9-21/h7,13-15,17-18,21,23-25H,1-6,8-12,16,19-20H2,(H,30,33)/t23?,24-,25+/m1/s1. The molecule has 1 unspecified atom stereocenters. The zero-order chi connectivity index (χ0) is 22.5. The molecule has 0 bridgehead atoms. The van der Waals surface area contributed by atoms with Gasteiger partial charge >= 0.3 is 0 Å². The van der Waals surface area contributed by atoms with Crippen molar-refractivity contribution in [3.8, 4) is 5.82 Å². The molecule has 3 aliphatic rings. The van der Waals surface area contributed by atoms with E-state index in [1.54, 1.807) is 17.1 Å². The highest BCUT2D eigenvalue weighted by atomic mass is 16.1. The molecule has 3 atom stereocenters. The fourth-order valence-corrected chi connectivity index (χ4v) is 6.51. The van der Waals surface area contributed by atoms with Crippen LogP contribution in [0.1, 0.15) is 81.0 Å². The van der Waals surface area contributed by atoms with E-state index in [-0.39, 0.29) is 11.9 Å². The highest BCUT2D eigenvalue weighted by Gasteiger charge is 2.32. The first-order valence-electron chi connectivity index (χ1n) is 13.3. The van der Waals surface area contributed by atoms with Gasteiger partial charge in [-0.2, -0.15) is 5.10 Å². The van der Waals surface area contributed by atoms with Crippen LogP contribution in [0.15, 0.2) is 36.8 Å². The first-order valence-corrected chi connectivity index (χ1v) is 13.3. The van der Waals surface area contributed by atoms with Crippen molar-refractivity contribution < 1.29 is 4.79 Å². The molecule has 2 saturated carbocycles. The minimum Gasteiger partial charge on any atom is -0.349 e. The maximum absolute atomic E-state index is 13.0. The summed E-state index contributed by atoms with van der Waals surface area (Å²) in [6.07, 6.45) is 20.1. The lowest BCUT2D eigenvalue weighted by molar-refractivity contribution is 0.0774. The van der Waals surface area contributed by atoms with Gasteiger partial charge in [0.25, 0.3) is 5.91 Å². The average Bonchev–Trinajstić information content (AvgIpc) is 3.41. The molecule has 6 nitrogen and oxygen atoms in total. The molecule has 3 fully saturated rings. The van der Waals surface area contributed by atoms with E-state index in [2.05, 4.69) is 20.3 Å². The van der Waals surface area contributed by atoms with E-state index in [9.17, 15) is 4.79 Å². The van der Waals surface area contributed by atoms with Crippen LogP contribution in [0.3, 0.4) is 0 Å². The van der Waals surface area contributed by atoms with Crippen molar-refractivity contribution in [1.29, 1.82) is 0 Å². The Balaban J connectivity index is 1.17. The summed E-state index contributed by atoms with van der Waals surface area (Å²) in [5, 5.41) is 7.58. The molecular weight excluding hydrogens is 410 g/mol. The van der Waals surface area contributed by atoms with Crippen LogP contribution in [0.2, 0.25) is 0 Å². The van der Waals surface area contributed by atoms with Gasteiger partial charge in [0.05, 0.1) is 5.56 Å². The lowest BCUT2D eigenvalue weighted by atomic mass is 9.76. The number of amides is 1. The van der Waals surface area contributed by atoms with Gasteiger partial charge in [-0.05, 0) is 68.2 Å². The summed E-state index contributed by atoms with van der Waals surface area (Å²) in [5.41, 5.74) is 0.630. The third-order valence-corrected chi connectivity index (χ3v) is 8.33. The Morgan fingerprint density at radius 1 is 0.970 bits per heavy atom. The number of hydrogen-bond acceptors (Lipinski definition) is 4. The second kappa shape index (κ2) is 10.8. The van der Waals surface area contributed by atoms with E-state index in [4.69, 9.17) is 0 Å². The fourth-order valence-electron chi connectivity index (χ4n) is 6.51. The average molecular weight is 450 g/mol. The molecule has 5 rings (SSSR count). The van der Waals surface area contributed by atoms with E-state index < -0.39 is 0 Å². The van der Waals surface area contributed by atoms with Gasteiger partial charge in [-0.25, -0.2) is 9.67 Å². The van der Waals surface area contributed by atoms with E-state index in [1.165, 1.54) is 77.3 Å². The third-order valence-electron chi connectivity index (χ3n) is 8.33. The maximum atomic E-state index is 13.0. The summed E-state index contributed by atoms with van der Waals surface area (Å²) < 4.78 is 1.71. The SMILES string of the molecule is O=C(N[C@H]1CCCC[C@@H]1CN1CCCC(C2CCCCC2)C1)c1ccc(-n2cccn2)nc1. The van der Waals surface area contributed by atoms with Gasteiger partial charge in [-0.15, -0.1) is 0 Å². The number of pyridine rings is 1. The quantitative estimate of drug-likeness (QED) is 0.685. The second-order valence-corrected chi connectivity index (χ2v) is 10.5. The van der Waals surface area contributed by atoms with E-state index in [1.807, 2.05) is 24.4 Å². The fraction of sp³-hybridized carbons (Fsp3) is 0.667. The third kappa shape index (κ3) is 5.65. The van der Waals surface area contributed by atoms with Crippen LogP contribution in [0.4, 0.5) is 0 Å². The van der Waals surface area contributed by atoms with Gasteiger partial charge in [0.15, 0.2) is 5.82 Å². The monoisotopic (exact) mass is 449 g/mol. The van der Waals surface area contributed by atoms with E-state index in [0.29, 0.717) is 11.5 Å². The number of nitrogens with zero attached hydrogens (tertiary/aromatic N) is 4. The molecule has 0 aromatic carbocycles. The zero-order valence-corrected chi connectivity index (χ0v) is 19.9. The number of carbonyl (C=O) groups excluding carboxylic acids is 1. The molecule has 3 heterocycles. The molecule has 6 heteroatoms. The Bertz CT molecular complexity index is 874. The molecule has 2 aromatic heterocycles. The lowest BCUT2D eigenvalue weighted by Gasteiger charge is -2.42. The first kappa shape index (κ1) is 22.6. The topological polar surface area (TPSA) is 63.1 Å². The molecular formula is C27H39N5O. The van der Waals surface area contributed by atoms with Gasteiger partial charge in [0, 0.05) is 37.7 Å². The van der Waals surface area contributed by atoms with Crippen molar-refractivity contribution in [2.45, 2.75) is 76.7 Å². The van der Waals surface area contributed by atoms with Crippen molar-refractivity contribution >= 4 is 5.91 Å². The van der Waals surface area contributed by atoms with Crippen LogP contribution >= 0.6 is 0 Å². The lowest BCUT2D eigenvalue weighted by Crippen LogP contribution is -2.48. The first-order chi connectivity index (χ1) is 16.3. The number of nitrogens with one attached hydrogen (secondary N) is 1. The molecule has 0 spiro atoms. The predicted molar refractivity (Wildman–Crippen MR) is 130 cm³/mol. The zero-order valence-electron chi connectivity index (χ0n) is 19.9. The molecule has 178 valence electrons. The van der Waals surface area contributed by atoms with Crippen LogP contribution in [-0.4, -0.2) is 51.2 Å². The summed E-state index contributed by atoms with van der Waals surface area (Å²) in [7, 11) is 0. The number of rotatable bonds is 6. The molecule has 1 aliphatic heterocycles. The smallest absolute Gasteiger partial charge is 0.253 e. The van der Waals surface area contributed by atoms with Crippen LogP contribution < -0.4 is 5.32 Å². The van der Waals surface area contributed by atoms with Crippen LogP contribution in [0, 0.1) is 17.8 Å². The largest absolute Gasteiger partial charge is 0.349 e. The van der Waals surface area contributed by atoms with Gasteiger partial charge in [-0.3, -0.25) is 4.79 Å². The Hall–Kier alpha value is -2.21. The Morgan fingerprint density at radius 3 is 2.58 bits per heavy atom. The summed E-state index contributed by atoms with van der Waals surface area (Å²) >= 11 is 0. The number of piperidine rings is 1. The van der Waals surface area contributed by atoms with Crippen molar-refractivity contribution in [3.63, 3.8) is 0 Å². The van der Waals surface area contributed by atoms with Crippen molar-refractivity contribution in [2.75, 3.05) is 19.6 Å². The van der Waals surface area contributed by atoms with Gasteiger partial charge in [0.1, 0.15) is 0 Å². The number of carbonyl (C=O) groups is 1. The molecule has 2 aromatic rings. The summed E-state index contributed by atoms with van der Waals surface area (Å²) in [6.45, 7) is 3.66. The molecule has 2 aliphatic carbocycles. The maximum Gasteiger partial charge on any atom is 0.253 e. The van der Waals surface area contributed by atoms with Crippen LogP contribution in [0.5, 0.6) is 0 Å².